The van der Waals surface area contributed by atoms with Crippen LogP contribution < -0.4 is 10.6 Å². The third-order valence-corrected chi connectivity index (χ3v) is 6.09. The fraction of sp³-hybridized carbons (Fsp3) is 0.381. The highest BCUT2D eigenvalue weighted by molar-refractivity contribution is 7.99. The van der Waals surface area contributed by atoms with Gasteiger partial charge in [-0.15, -0.1) is 24.2 Å². The van der Waals surface area contributed by atoms with Gasteiger partial charge in [0.1, 0.15) is 5.82 Å². The van der Waals surface area contributed by atoms with Crippen LogP contribution in [0.5, 0.6) is 0 Å². The molecule has 6 nitrogen and oxygen atoms in total. The van der Waals surface area contributed by atoms with E-state index in [0.717, 1.165) is 56.5 Å². The number of rotatable bonds is 6. The number of likely N-dealkylation sites (N-methyl/N-ethyl adjacent to an activating group) is 1. The molecule has 0 atom stereocenters. The summed E-state index contributed by atoms with van der Waals surface area (Å²) in [7, 11) is 2.14. The van der Waals surface area contributed by atoms with Crippen LogP contribution in [0.2, 0.25) is 0 Å². The van der Waals surface area contributed by atoms with Crippen LogP contribution in [0.1, 0.15) is 12.2 Å². The second kappa shape index (κ2) is 10.1. The Balaban J connectivity index is 0.00000240. The lowest BCUT2D eigenvalue weighted by Gasteiger charge is -2.32. The molecule has 1 aliphatic rings. The first kappa shape index (κ1) is 21.6. The van der Waals surface area contributed by atoms with Crippen molar-refractivity contribution >= 4 is 46.8 Å². The number of hydrogen-bond acceptors (Lipinski definition) is 7. The van der Waals surface area contributed by atoms with Crippen molar-refractivity contribution in [3.8, 4) is 0 Å². The number of nitrogens with zero attached hydrogens (tertiary/aromatic N) is 5. The van der Waals surface area contributed by atoms with Crippen LogP contribution in [0.4, 0.5) is 11.9 Å². The van der Waals surface area contributed by atoms with Gasteiger partial charge in [-0.25, -0.2) is 0 Å². The van der Waals surface area contributed by atoms with Crippen LogP contribution in [0.25, 0.3) is 10.8 Å². The number of benzene rings is 2. The van der Waals surface area contributed by atoms with E-state index in [-0.39, 0.29) is 12.4 Å². The molecule has 0 amide bonds. The Kier molecular flexibility index (Phi) is 7.52. The molecule has 154 valence electrons. The van der Waals surface area contributed by atoms with Gasteiger partial charge in [0.05, 0.1) is 0 Å². The molecule has 8 heteroatoms. The Bertz CT molecular complexity index is 945. The van der Waals surface area contributed by atoms with Crippen molar-refractivity contribution in [1.82, 2.24) is 19.9 Å². The minimum Gasteiger partial charge on any atom is -0.368 e. The number of aryl methyl sites for hydroxylation is 1. The molecule has 1 fully saturated rings. The average molecular weight is 431 g/mol. The number of fused-ring (bicyclic) bond motifs is 1. The fourth-order valence-corrected chi connectivity index (χ4v) is 4.26. The summed E-state index contributed by atoms with van der Waals surface area (Å²) in [6, 6.07) is 15.1. The number of aromatic nitrogens is 3. The summed E-state index contributed by atoms with van der Waals surface area (Å²) < 4.78 is 0. The molecule has 29 heavy (non-hydrogen) atoms. The summed E-state index contributed by atoms with van der Waals surface area (Å²) in [5, 5.41) is 2.57. The van der Waals surface area contributed by atoms with E-state index in [1.807, 2.05) is 11.8 Å². The van der Waals surface area contributed by atoms with Crippen molar-refractivity contribution in [1.29, 1.82) is 0 Å². The largest absolute Gasteiger partial charge is 0.368 e. The van der Waals surface area contributed by atoms with Gasteiger partial charge < -0.3 is 15.5 Å². The Morgan fingerprint density at radius 2 is 1.72 bits per heavy atom. The lowest BCUT2D eigenvalue weighted by atomic mass is 10.1. The van der Waals surface area contributed by atoms with E-state index >= 15 is 0 Å². The van der Waals surface area contributed by atoms with Crippen molar-refractivity contribution in [3.05, 3.63) is 48.3 Å². The van der Waals surface area contributed by atoms with Crippen LogP contribution >= 0.6 is 24.2 Å². The summed E-state index contributed by atoms with van der Waals surface area (Å²) in [6.07, 6.45) is 1.82. The smallest absolute Gasteiger partial charge is 0.230 e. The second-order valence-corrected chi connectivity index (χ2v) is 8.33. The molecule has 0 aliphatic carbocycles. The van der Waals surface area contributed by atoms with Crippen molar-refractivity contribution in [2.24, 2.45) is 0 Å². The highest BCUT2D eigenvalue weighted by atomic mass is 35.5. The van der Waals surface area contributed by atoms with Crippen LogP contribution in [0.15, 0.2) is 47.4 Å². The predicted molar refractivity (Wildman–Crippen MR) is 124 cm³/mol. The molecule has 2 aromatic carbocycles. The van der Waals surface area contributed by atoms with Gasteiger partial charge in [0.2, 0.25) is 11.9 Å². The van der Waals surface area contributed by atoms with Gasteiger partial charge in [-0.1, -0.05) is 30.3 Å². The molecule has 0 unspecified atom stereocenters. The summed E-state index contributed by atoms with van der Waals surface area (Å²) in [5.41, 5.74) is 5.94. The summed E-state index contributed by atoms with van der Waals surface area (Å²) in [5.74, 6) is 2.85. The van der Waals surface area contributed by atoms with Gasteiger partial charge in [-0.05, 0) is 42.1 Å². The SMILES string of the molecule is CN1CCN(c2nc(N)nc(CCCSc3ccc4ccccc4c3)n2)CC1.Cl. The minimum atomic E-state index is 0. The zero-order chi connectivity index (χ0) is 19.3. The maximum atomic E-state index is 5.94. The van der Waals surface area contributed by atoms with E-state index in [0.29, 0.717) is 5.95 Å². The highest BCUT2D eigenvalue weighted by Gasteiger charge is 2.17. The van der Waals surface area contributed by atoms with Crippen LogP contribution in [0.3, 0.4) is 0 Å². The third kappa shape index (κ3) is 5.72. The Labute approximate surface area is 182 Å². The lowest BCUT2D eigenvalue weighted by molar-refractivity contribution is 0.311. The van der Waals surface area contributed by atoms with Gasteiger partial charge >= 0.3 is 0 Å². The summed E-state index contributed by atoms with van der Waals surface area (Å²) in [6.45, 7) is 3.89. The first-order chi connectivity index (χ1) is 13.7. The molecule has 3 aromatic rings. The molecule has 0 saturated carbocycles. The number of halogens is 1. The van der Waals surface area contributed by atoms with E-state index in [4.69, 9.17) is 5.73 Å². The van der Waals surface area contributed by atoms with Crippen LogP contribution in [-0.4, -0.2) is 58.8 Å². The second-order valence-electron chi connectivity index (χ2n) is 7.16. The summed E-state index contributed by atoms with van der Waals surface area (Å²) in [4.78, 5) is 19.2. The zero-order valence-corrected chi connectivity index (χ0v) is 18.3. The topological polar surface area (TPSA) is 71.2 Å². The van der Waals surface area contributed by atoms with E-state index in [9.17, 15) is 0 Å². The van der Waals surface area contributed by atoms with E-state index in [1.165, 1.54) is 15.7 Å². The van der Waals surface area contributed by atoms with Crippen molar-refractivity contribution in [2.75, 3.05) is 49.6 Å². The number of thioether (sulfide) groups is 1. The number of nitrogens with two attached hydrogens (primary N) is 1. The molecule has 0 spiro atoms. The number of piperazine rings is 1. The first-order valence-corrected chi connectivity index (χ1v) is 10.7. The predicted octanol–water partition coefficient (Wildman–Crippen LogP) is 3.51. The Morgan fingerprint density at radius 1 is 0.966 bits per heavy atom. The molecule has 0 bridgehead atoms. The average Bonchev–Trinajstić information content (AvgIpc) is 2.71. The molecule has 1 saturated heterocycles. The van der Waals surface area contributed by atoms with E-state index in [2.05, 4.69) is 74.3 Å². The monoisotopic (exact) mass is 430 g/mol. The molecule has 4 rings (SSSR count). The van der Waals surface area contributed by atoms with E-state index < -0.39 is 0 Å². The van der Waals surface area contributed by atoms with Gasteiger partial charge in [0.15, 0.2) is 0 Å². The molecule has 1 aromatic heterocycles. The number of nitrogen functional groups attached to an aromatic ring is 1. The maximum absolute atomic E-state index is 5.94. The van der Waals surface area contributed by atoms with Gasteiger partial charge in [0, 0.05) is 37.5 Å². The van der Waals surface area contributed by atoms with Crippen LogP contribution in [-0.2, 0) is 6.42 Å². The Hall–Kier alpha value is -2.09. The van der Waals surface area contributed by atoms with E-state index in [1.54, 1.807) is 0 Å². The third-order valence-electron chi connectivity index (χ3n) is 5.01. The quantitative estimate of drug-likeness (QED) is 0.474. The normalized spacial score (nSPS) is 14.7. The van der Waals surface area contributed by atoms with Crippen molar-refractivity contribution < 1.29 is 0 Å². The first-order valence-electron chi connectivity index (χ1n) is 9.73. The lowest BCUT2D eigenvalue weighted by Crippen LogP contribution is -2.45. The minimum absolute atomic E-state index is 0. The van der Waals surface area contributed by atoms with Gasteiger partial charge in [0.25, 0.3) is 0 Å². The Morgan fingerprint density at radius 3 is 2.52 bits per heavy atom. The maximum Gasteiger partial charge on any atom is 0.230 e. The van der Waals surface area contributed by atoms with Crippen molar-refractivity contribution in [2.45, 2.75) is 17.7 Å². The standard InChI is InChI=1S/C21H26N6S.ClH/c1-26-10-12-27(13-11-26)21-24-19(23-20(22)25-21)7-4-14-28-18-9-8-16-5-2-3-6-17(16)15-18;/h2-3,5-6,8-9,15H,4,7,10-14H2,1H3,(H2,22,23,24,25);1H. The molecule has 1 aliphatic heterocycles. The molecule has 2 heterocycles. The van der Waals surface area contributed by atoms with Gasteiger partial charge in [-0.2, -0.15) is 15.0 Å². The molecular weight excluding hydrogens is 404 g/mol. The fourth-order valence-electron chi connectivity index (χ4n) is 3.36. The highest BCUT2D eigenvalue weighted by Crippen LogP contribution is 2.24. The molecular formula is C21H27ClN6S. The van der Waals surface area contributed by atoms with Crippen molar-refractivity contribution in [3.63, 3.8) is 0 Å². The number of anilines is 2. The van der Waals surface area contributed by atoms with Gasteiger partial charge in [-0.3, -0.25) is 0 Å². The summed E-state index contributed by atoms with van der Waals surface area (Å²) >= 11 is 1.87. The molecule has 2 N–H and O–H groups in total. The molecule has 0 radical (unpaired) electrons. The van der Waals surface area contributed by atoms with Crippen LogP contribution in [0, 0.1) is 0 Å². The number of hydrogen-bond donors (Lipinski definition) is 1. The zero-order valence-electron chi connectivity index (χ0n) is 16.6.